The minimum atomic E-state index is -1.10. The van der Waals surface area contributed by atoms with Gasteiger partial charge in [0.25, 0.3) is 0 Å². The Morgan fingerprint density at radius 2 is 1.89 bits per heavy atom. The van der Waals surface area contributed by atoms with Gasteiger partial charge in [-0.3, -0.25) is 4.79 Å². The largest absolute Gasteiger partial charge is 0.473 e. The lowest BCUT2D eigenvalue weighted by molar-refractivity contribution is -0.690. The van der Waals surface area contributed by atoms with E-state index in [1.54, 1.807) is 16.8 Å². The molecule has 4 heteroatoms. The minimum absolute atomic E-state index is 0.0105. The zero-order chi connectivity index (χ0) is 13.0. The quantitative estimate of drug-likeness (QED) is 0.653. The van der Waals surface area contributed by atoms with E-state index < -0.39 is 5.97 Å². The van der Waals surface area contributed by atoms with Crippen LogP contribution in [0.15, 0.2) is 48.7 Å². The van der Waals surface area contributed by atoms with Crippen LogP contribution in [0.4, 0.5) is 0 Å². The standard InChI is InChI=1S/C14H11NO3/c16-10-12-7-4-8-15(13(12)14(17)18)9-11-5-2-1-3-6-11/h1-8,10H,9H2/p+1. The first kappa shape index (κ1) is 12.0. The number of pyridine rings is 1. The molecule has 1 aromatic carbocycles. The van der Waals surface area contributed by atoms with E-state index in [4.69, 9.17) is 0 Å². The van der Waals surface area contributed by atoms with Gasteiger partial charge in [0.15, 0.2) is 19.0 Å². The Kier molecular flexibility index (Phi) is 3.48. The van der Waals surface area contributed by atoms with Crippen molar-refractivity contribution in [2.75, 3.05) is 0 Å². The Bertz CT molecular complexity index is 579. The van der Waals surface area contributed by atoms with Gasteiger partial charge in [0.1, 0.15) is 0 Å². The molecule has 0 aliphatic carbocycles. The molecule has 0 unspecified atom stereocenters. The lowest BCUT2D eigenvalue weighted by atomic mass is 10.1. The van der Waals surface area contributed by atoms with Crippen molar-refractivity contribution in [3.63, 3.8) is 0 Å². The number of carbonyl (C=O) groups is 2. The van der Waals surface area contributed by atoms with Crippen molar-refractivity contribution in [2.45, 2.75) is 6.54 Å². The van der Waals surface area contributed by atoms with Crippen LogP contribution in [0.25, 0.3) is 0 Å². The van der Waals surface area contributed by atoms with Gasteiger partial charge in [0, 0.05) is 11.6 Å². The molecule has 0 spiro atoms. The highest BCUT2D eigenvalue weighted by Crippen LogP contribution is 2.03. The SMILES string of the molecule is O=Cc1ccc[n+](Cc2ccccc2)c1C(=O)O. The summed E-state index contributed by atoms with van der Waals surface area (Å²) in [6.45, 7) is 0.421. The number of carbonyl (C=O) groups excluding carboxylic acids is 1. The average molecular weight is 242 g/mol. The molecule has 0 fully saturated rings. The fourth-order valence-electron chi connectivity index (χ4n) is 1.82. The molecule has 4 nitrogen and oxygen atoms in total. The number of hydrogen-bond donors (Lipinski definition) is 1. The van der Waals surface area contributed by atoms with Crippen LogP contribution in [0.5, 0.6) is 0 Å². The predicted molar refractivity (Wildman–Crippen MR) is 64.5 cm³/mol. The van der Waals surface area contributed by atoms with E-state index in [1.807, 2.05) is 30.3 Å². The molecule has 0 aliphatic rings. The van der Waals surface area contributed by atoms with Crippen molar-refractivity contribution < 1.29 is 19.3 Å². The van der Waals surface area contributed by atoms with E-state index in [2.05, 4.69) is 0 Å². The summed E-state index contributed by atoms with van der Waals surface area (Å²) < 4.78 is 1.56. The van der Waals surface area contributed by atoms with Crippen LogP contribution < -0.4 is 4.57 Å². The third-order valence-corrected chi connectivity index (χ3v) is 2.63. The molecule has 0 bridgehead atoms. The summed E-state index contributed by atoms with van der Waals surface area (Å²) in [7, 11) is 0. The number of hydrogen-bond acceptors (Lipinski definition) is 2. The summed E-state index contributed by atoms with van der Waals surface area (Å²) >= 11 is 0. The summed E-state index contributed by atoms with van der Waals surface area (Å²) in [6.07, 6.45) is 2.22. The number of rotatable bonds is 4. The Balaban J connectivity index is 2.45. The summed E-state index contributed by atoms with van der Waals surface area (Å²) in [5.74, 6) is -1.10. The highest BCUT2D eigenvalue weighted by Gasteiger charge is 2.23. The smallest absolute Gasteiger partial charge is 0.402 e. The number of aromatic nitrogens is 1. The maximum Gasteiger partial charge on any atom is 0.402 e. The molecule has 1 N–H and O–H groups in total. The van der Waals surface area contributed by atoms with E-state index in [0.717, 1.165) is 5.56 Å². The number of carboxylic acid groups (broad SMARTS) is 1. The zero-order valence-corrected chi connectivity index (χ0v) is 9.61. The molecule has 0 radical (unpaired) electrons. The second kappa shape index (κ2) is 5.23. The van der Waals surface area contributed by atoms with Crippen molar-refractivity contribution in [1.29, 1.82) is 0 Å². The summed E-state index contributed by atoms with van der Waals surface area (Å²) in [5.41, 5.74) is 1.17. The lowest BCUT2D eigenvalue weighted by Crippen LogP contribution is -2.41. The van der Waals surface area contributed by atoms with Crippen molar-refractivity contribution in [1.82, 2.24) is 0 Å². The van der Waals surface area contributed by atoms with E-state index in [1.165, 1.54) is 6.07 Å². The van der Waals surface area contributed by atoms with Crippen molar-refractivity contribution in [2.24, 2.45) is 0 Å². The number of nitrogens with zero attached hydrogens (tertiary/aromatic N) is 1. The molecule has 2 aromatic rings. The molecule has 90 valence electrons. The average Bonchev–Trinajstić information content (AvgIpc) is 2.39. The molecular weight excluding hydrogens is 230 g/mol. The zero-order valence-electron chi connectivity index (χ0n) is 9.61. The van der Waals surface area contributed by atoms with Crippen LogP contribution in [0.2, 0.25) is 0 Å². The summed E-state index contributed by atoms with van der Waals surface area (Å²) in [6, 6.07) is 12.7. The van der Waals surface area contributed by atoms with E-state index in [0.29, 0.717) is 12.8 Å². The number of aromatic carboxylic acids is 1. The molecule has 0 saturated heterocycles. The van der Waals surface area contributed by atoms with Gasteiger partial charge in [-0.2, -0.15) is 4.57 Å². The summed E-state index contributed by atoms with van der Waals surface area (Å²) in [4.78, 5) is 22.1. The first-order valence-electron chi connectivity index (χ1n) is 5.47. The fourth-order valence-corrected chi connectivity index (χ4v) is 1.82. The molecule has 0 atom stereocenters. The minimum Gasteiger partial charge on any atom is -0.473 e. The second-order valence-electron chi connectivity index (χ2n) is 3.85. The maximum atomic E-state index is 11.2. The van der Waals surface area contributed by atoms with Gasteiger partial charge >= 0.3 is 11.7 Å². The second-order valence-corrected chi connectivity index (χ2v) is 3.85. The first-order valence-corrected chi connectivity index (χ1v) is 5.47. The predicted octanol–water partition coefficient (Wildman–Crippen LogP) is 1.53. The van der Waals surface area contributed by atoms with E-state index >= 15 is 0 Å². The first-order chi connectivity index (χ1) is 8.72. The van der Waals surface area contributed by atoms with E-state index in [9.17, 15) is 14.7 Å². The Hall–Kier alpha value is -2.49. The fraction of sp³-hybridized carbons (Fsp3) is 0.0714. The number of benzene rings is 1. The highest BCUT2D eigenvalue weighted by molar-refractivity contribution is 5.93. The van der Waals surface area contributed by atoms with Crippen molar-refractivity contribution in [3.8, 4) is 0 Å². The van der Waals surface area contributed by atoms with Gasteiger partial charge in [0.2, 0.25) is 0 Å². The number of aldehydes is 1. The van der Waals surface area contributed by atoms with Gasteiger partial charge in [0.05, 0.1) is 5.56 Å². The van der Waals surface area contributed by atoms with E-state index in [-0.39, 0.29) is 11.3 Å². The van der Waals surface area contributed by atoms with Crippen LogP contribution in [0.3, 0.4) is 0 Å². The topological polar surface area (TPSA) is 58.2 Å². The Morgan fingerprint density at radius 3 is 2.50 bits per heavy atom. The van der Waals surface area contributed by atoms with Crippen LogP contribution in [0.1, 0.15) is 26.4 Å². The maximum absolute atomic E-state index is 11.2. The molecule has 2 rings (SSSR count). The lowest BCUT2D eigenvalue weighted by Gasteiger charge is -2.02. The van der Waals surface area contributed by atoms with Crippen LogP contribution in [-0.2, 0) is 6.54 Å². The summed E-state index contributed by atoms with van der Waals surface area (Å²) in [5, 5.41) is 9.18. The van der Waals surface area contributed by atoms with Gasteiger partial charge < -0.3 is 5.11 Å². The third-order valence-electron chi connectivity index (χ3n) is 2.63. The Morgan fingerprint density at radius 1 is 1.17 bits per heavy atom. The molecule has 0 amide bonds. The van der Waals surface area contributed by atoms with Crippen molar-refractivity contribution in [3.05, 3.63) is 65.5 Å². The number of carboxylic acids is 1. The van der Waals surface area contributed by atoms with Crippen LogP contribution in [-0.4, -0.2) is 17.4 Å². The molecule has 0 saturated carbocycles. The van der Waals surface area contributed by atoms with Crippen LogP contribution in [0, 0.1) is 0 Å². The van der Waals surface area contributed by atoms with Gasteiger partial charge in [-0.15, -0.1) is 0 Å². The molecule has 18 heavy (non-hydrogen) atoms. The van der Waals surface area contributed by atoms with Crippen LogP contribution >= 0.6 is 0 Å². The normalized spacial score (nSPS) is 10.0. The highest BCUT2D eigenvalue weighted by atomic mass is 16.4. The third kappa shape index (κ3) is 2.43. The Labute approximate surface area is 104 Å². The van der Waals surface area contributed by atoms with Gasteiger partial charge in [-0.1, -0.05) is 30.3 Å². The molecule has 1 heterocycles. The van der Waals surface area contributed by atoms with Gasteiger partial charge in [-0.05, 0) is 6.07 Å². The molecule has 0 aliphatic heterocycles. The molecular formula is C14H12NO3+. The van der Waals surface area contributed by atoms with Crippen molar-refractivity contribution >= 4 is 12.3 Å². The monoisotopic (exact) mass is 242 g/mol. The van der Waals surface area contributed by atoms with Gasteiger partial charge in [-0.25, -0.2) is 4.79 Å². The molecule has 1 aromatic heterocycles.